The van der Waals surface area contributed by atoms with Crippen LogP contribution in [0.1, 0.15) is 11.5 Å². The molecule has 3 aromatic rings. The molecule has 0 atom stereocenters. The fourth-order valence-electron chi connectivity index (χ4n) is 2.57. The van der Waals surface area contributed by atoms with Crippen molar-refractivity contribution in [2.24, 2.45) is 0 Å². The van der Waals surface area contributed by atoms with E-state index in [2.05, 4.69) is 10.3 Å². The van der Waals surface area contributed by atoms with Crippen molar-refractivity contribution in [2.75, 3.05) is 18.9 Å². The molecule has 134 valence electrons. The third kappa shape index (κ3) is 4.55. The summed E-state index contributed by atoms with van der Waals surface area (Å²) in [7, 11) is 1.83. The minimum absolute atomic E-state index is 0.177. The number of hydrogen-bond acceptors (Lipinski definition) is 4. The molecule has 1 N–H and O–H groups in total. The van der Waals surface area contributed by atoms with E-state index in [9.17, 15) is 9.18 Å². The largest absolute Gasteiger partial charge is 0.441 e. The second-order valence-corrected chi connectivity index (χ2v) is 6.12. The lowest BCUT2D eigenvalue weighted by Gasteiger charge is -2.15. The van der Waals surface area contributed by atoms with Crippen LogP contribution < -0.4 is 5.32 Å². The minimum atomic E-state index is -0.337. The van der Waals surface area contributed by atoms with E-state index in [1.807, 2.05) is 49.2 Å². The van der Waals surface area contributed by atoms with Gasteiger partial charge in [0.1, 0.15) is 11.6 Å². The van der Waals surface area contributed by atoms with Crippen molar-refractivity contribution in [3.05, 3.63) is 71.9 Å². The maximum Gasteiger partial charge on any atom is 0.238 e. The van der Waals surface area contributed by atoms with Crippen LogP contribution in [0.5, 0.6) is 0 Å². The molecule has 6 heteroatoms. The van der Waals surface area contributed by atoms with Crippen molar-refractivity contribution in [1.82, 2.24) is 9.88 Å². The molecule has 0 radical (unpaired) electrons. The Morgan fingerprint density at radius 3 is 2.54 bits per heavy atom. The molecule has 0 bridgehead atoms. The number of likely N-dealkylation sites (N-methyl/N-ethyl adjacent to an activating group) is 1. The van der Waals surface area contributed by atoms with Gasteiger partial charge in [-0.25, -0.2) is 9.37 Å². The minimum Gasteiger partial charge on any atom is -0.441 e. The third-order valence-corrected chi connectivity index (χ3v) is 3.87. The monoisotopic (exact) mass is 353 g/mol. The Bertz CT molecular complexity index is 876. The summed E-state index contributed by atoms with van der Waals surface area (Å²) in [5.74, 6) is 0.788. The van der Waals surface area contributed by atoms with Crippen LogP contribution in [0.4, 0.5) is 10.1 Å². The number of carbonyl (C=O) groups excluding carboxylic acids is 1. The van der Waals surface area contributed by atoms with Gasteiger partial charge in [-0.15, -0.1) is 0 Å². The van der Waals surface area contributed by atoms with Crippen molar-refractivity contribution in [3.63, 3.8) is 0 Å². The van der Waals surface area contributed by atoms with Crippen molar-refractivity contribution in [1.29, 1.82) is 0 Å². The molecule has 2 aromatic carbocycles. The number of halogens is 1. The number of amides is 1. The number of hydrogen-bond donors (Lipinski definition) is 1. The van der Waals surface area contributed by atoms with Crippen molar-refractivity contribution in [3.8, 4) is 11.5 Å². The number of nitrogens with zero attached hydrogens (tertiary/aromatic N) is 2. The number of anilines is 1. The van der Waals surface area contributed by atoms with Crippen molar-refractivity contribution >= 4 is 11.6 Å². The van der Waals surface area contributed by atoms with Crippen LogP contribution in [0.25, 0.3) is 11.5 Å². The Kier molecular flexibility index (Phi) is 5.43. The van der Waals surface area contributed by atoms with Crippen LogP contribution in [-0.2, 0) is 11.3 Å². The number of carbonyl (C=O) groups is 1. The summed E-state index contributed by atoms with van der Waals surface area (Å²) in [5.41, 5.74) is 2.27. The van der Waals surface area contributed by atoms with E-state index < -0.39 is 0 Å². The predicted octanol–water partition coefficient (Wildman–Crippen LogP) is 3.86. The van der Waals surface area contributed by atoms with Gasteiger partial charge in [0.15, 0.2) is 0 Å². The highest BCUT2D eigenvalue weighted by atomic mass is 19.1. The van der Waals surface area contributed by atoms with Gasteiger partial charge in [0.05, 0.1) is 12.2 Å². The van der Waals surface area contributed by atoms with Gasteiger partial charge >= 0.3 is 0 Å². The van der Waals surface area contributed by atoms with Gasteiger partial charge in [-0.1, -0.05) is 18.2 Å². The van der Waals surface area contributed by atoms with Crippen LogP contribution in [0, 0.1) is 12.7 Å². The highest BCUT2D eigenvalue weighted by Gasteiger charge is 2.15. The van der Waals surface area contributed by atoms with Gasteiger partial charge in [0.2, 0.25) is 11.8 Å². The van der Waals surface area contributed by atoms with Gasteiger partial charge in [-0.3, -0.25) is 9.69 Å². The molecule has 0 unspecified atom stereocenters. The highest BCUT2D eigenvalue weighted by Crippen LogP contribution is 2.22. The fraction of sp³-hybridized carbons (Fsp3) is 0.200. The van der Waals surface area contributed by atoms with Crippen LogP contribution in [0.3, 0.4) is 0 Å². The molecule has 0 aliphatic rings. The predicted molar refractivity (Wildman–Crippen MR) is 98.0 cm³/mol. The van der Waals surface area contributed by atoms with E-state index >= 15 is 0 Å². The van der Waals surface area contributed by atoms with E-state index in [1.54, 1.807) is 0 Å². The Morgan fingerprint density at radius 1 is 1.15 bits per heavy atom. The first-order valence-electron chi connectivity index (χ1n) is 8.27. The van der Waals surface area contributed by atoms with Crippen molar-refractivity contribution in [2.45, 2.75) is 13.5 Å². The summed E-state index contributed by atoms with van der Waals surface area (Å²) in [6.45, 7) is 2.53. The van der Waals surface area contributed by atoms with Crippen molar-refractivity contribution < 1.29 is 13.6 Å². The zero-order valence-electron chi connectivity index (χ0n) is 14.7. The van der Waals surface area contributed by atoms with E-state index in [-0.39, 0.29) is 18.3 Å². The summed E-state index contributed by atoms with van der Waals surface area (Å²) in [4.78, 5) is 18.5. The zero-order chi connectivity index (χ0) is 18.5. The lowest BCUT2D eigenvalue weighted by molar-refractivity contribution is -0.117. The Morgan fingerprint density at radius 2 is 1.85 bits per heavy atom. The molecule has 5 nitrogen and oxygen atoms in total. The molecule has 0 saturated heterocycles. The number of aromatic nitrogens is 1. The quantitative estimate of drug-likeness (QED) is 0.731. The zero-order valence-corrected chi connectivity index (χ0v) is 14.7. The number of oxazole rings is 1. The van der Waals surface area contributed by atoms with Gasteiger partial charge in [0.25, 0.3) is 0 Å². The van der Waals surface area contributed by atoms with E-state index in [1.165, 1.54) is 24.3 Å². The molecule has 0 spiro atoms. The lowest BCUT2D eigenvalue weighted by atomic mass is 10.2. The summed E-state index contributed by atoms with van der Waals surface area (Å²) in [6.07, 6.45) is 0. The van der Waals surface area contributed by atoms with Crippen LogP contribution >= 0.6 is 0 Å². The number of rotatable bonds is 6. The van der Waals surface area contributed by atoms with Crippen LogP contribution in [-0.4, -0.2) is 29.4 Å². The Hall–Kier alpha value is -2.99. The molecule has 1 amide bonds. The number of benzene rings is 2. The fourth-order valence-corrected chi connectivity index (χ4v) is 2.57. The number of nitrogens with one attached hydrogen (secondary N) is 1. The van der Waals surface area contributed by atoms with Crippen LogP contribution in [0.15, 0.2) is 59.0 Å². The Balaban J connectivity index is 1.59. The maximum atomic E-state index is 12.9. The van der Waals surface area contributed by atoms with Gasteiger partial charge in [-0.2, -0.15) is 0 Å². The van der Waals surface area contributed by atoms with E-state index in [4.69, 9.17) is 4.42 Å². The molecule has 0 aliphatic carbocycles. The van der Waals surface area contributed by atoms with Gasteiger partial charge in [-0.05, 0) is 50.4 Å². The number of aryl methyl sites for hydroxylation is 1. The second-order valence-electron chi connectivity index (χ2n) is 6.12. The first-order valence-corrected chi connectivity index (χ1v) is 8.27. The maximum absolute atomic E-state index is 12.9. The SMILES string of the molecule is Cc1oc(-c2ccccc2)nc1CN(C)CC(=O)Nc1ccc(F)cc1. The molecule has 1 heterocycles. The first-order chi connectivity index (χ1) is 12.5. The van der Waals surface area contributed by atoms with Gasteiger partial charge < -0.3 is 9.73 Å². The molecule has 0 fully saturated rings. The topological polar surface area (TPSA) is 58.4 Å². The molecule has 3 rings (SSSR count). The molecule has 0 saturated carbocycles. The molecular weight excluding hydrogens is 333 g/mol. The second kappa shape index (κ2) is 7.93. The van der Waals surface area contributed by atoms with Gasteiger partial charge in [0, 0.05) is 17.8 Å². The van der Waals surface area contributed by atoms with E-state index in [0.717, 1.165) is 17.0 Å². The highest BCUT2D eigenvalue weighted by molar-refractivity contribution is 5.92. The summed E-state index contributed by atoms with van der Waals surface area (Å²) >= 11 is 0. The molecular formula is C20H20FN3O2. The normalized spacial score (nSPS) is 10.9. The Labute approximate surface area is 151 Å². The smallest absolute Gasteiger partial charge is 0.238 e. The lowest BCUT2D eigenvalue weighted by Crippen LogP contribution is -2.30. The summed E-state index contributed by atoms with van der Waals surface area (Å²) in [6, 6.07) is 15.4. The summed E-state index contributed by atoms with van der Waals surface area (Å²) in [5, 5.41) is 2.74. The molecule has 26 heavy (non-hydrogen) atoms. The average molecular weight is 353 g/mol. The molecule has 0 aliphatic heterocycles. The summed E-state index contributed by atoms with van der Waals surface area (Å²) < 4.78 is 18.6. The third-order valence-electron chi connectivity index (χ3n) is 3.87. The standard InChI is InChI=1S/C20H20FN3O2/c1-14-18(23-20(26-14)15-6-4-3-5-7-15)12-24(2)13-19(25)22-17-10-8-16(21)9-11-17/h3-11H,12-13H2,1-2H3,(H,22,25). The molecule has 1 aromatic heterocycles. The first kappa shape index (κ1) is 17.8. The van der Waals surface area contributed by atoms with E-state index in [0.29, 0.717) is 18.1 Å². The average Bonchev–Trinajstić information content (AvgIpc) is 2.98. The van der Waals surface area contributed by atoms with Crippen LogP contribution in [0.2, 0.25) is 0 Å².